The van der Waals surface area contributed by atoms with Crippen molar-refractivity contribution in [3.05, 3.63) is 175 Å². The Morgan fingerprint density at radius 1 is 0.537 bits per heavy atom. The topological polar surface area (TPSA) is 12.5 Å². The molecule has 41 heavy (non-hydrogen) atoms. The summed E-state index contributed by atoms with van der Waals surface area (Å²) in [4.78, 5) is 2.17. The third-order valence-electron chi connectivity index (χ3n) is 7.11. The number of rotatable bonds is 4. The third kappa shape index (κ3) is 6.74. The molecular formula is C39H35NO. The van der Waals surface area contributed by atoms with Crippen LogP contribution in [-0.2, 0) is 0 Å². The Hall–Kier alpha value is -5.08. The van der Waals surface area contributed by atoms with Gasteiger partial charge in [-0.15, -0.1) is 0 Å². The van der Waals surface area contributed by atoms with Crippen LogP contribution in [0.2, 0.25) is 0 Å². The number of hydrogen-bond acceptors (Lipinski definition) is 2. The van der Waals surface area contributed by atoms with Crippen LogP contribution in [0, 0.1) is 20.8 Å². The van der Waals surface area contributed by atoms with E-state index in [9.17, 15) is 0 Å². The number of anilines is 2. The normalized spacial score (nSPS) is 13.6. The molecule has 0 bridgehead atoms. The number of benzene rings is 5. The van der Waals surface area contributed by atoms with E-state index in [0.717, 1.165) is 34.0 Å². The van der Waals surface area contributed by atoms with Crippen molar-refractivity contribution in [2.75, 3.05) is 4.90 Å². The highest BCUT2D eigenvalue weighted by Gasteiger charge is 2.13. The van der Waals surface area contributed by atoms with Gasteiger partial charge in [0.05, 0.1) is 5.69 Å². The van der Waals surface area contributed by atoms with Gasteiger partial charge in [0.1, 0.15) is 11.5 Å². The largest absolute Gasteiger partial charge is 0.457 e. The third-order valence-corrected chi connectivity index (χ3v) is 7.11. The molecule has 1 aliphatic heterocycles. The van der Waals surface area contributed by atoms with Crippen LogP contribution in [0.25, 0.3) is 16.7 Å². The molecule has 0 aliphatic carbocycles. The fraction of sp³-hybridized carbons (Fsp3) is 0.0769. The molecule has 0 saturated carbocycles. The van der Waals surface area contributed by atoms with Crippen molar-refractivity contribution in [1.82, 2.24) is 0 Å². The van der Waals surface area contributed by atoms with Gasteiger partial charge in [-0.25, -0.2) is 0 Å². The summed E-state index contributed by atoms with van der Waals surface area (Å²) in [6.45, 7) is 10.6. The lowest BCUT2D eigenvalue weighted by atomic mass is 9.97. The molecule has 5 aromatic carbocycles. The Labute approximate surface area is 244 Å². The number of para-hydroxylation sites is 1. The molecule has 2 heteroatoms. The molecular weight excluding hydrogens is 498 g/mol. The zero-order valence-electron chi connectivity index (χ0n) is 23.9. The van der Waals surface area contributed by atoms with E-state index < -0.39 is 0 Å². The van der Waals surface area contributed by atoms with Crippen molar-refractivity contribution in [1.29, 1.82) is 0 Å². The molecule has 2 nitrogen and oxygen atoms in total. The summed E-state index contributed by atoms with van der Waals surface area (Å²) in [6, 6.07) is 41.5. The quantitative estimate of drug-likeness (QED) is 0.228. The van der Waals surface area contributed by atoms with Gasteiger partial charge in [0.25, 0.3) is 0 Å². The molecule has 5 aromatic rings. The minimum absolute atomic E-state index is 0.816. The highest BCUT2D eigenvalue weighted by Crippen LogP contribution is 2.35. The van der Waals surface area contributed by atoms with Gasteiger partial charge in [-0.05, 0) is 97.1 Å². The smallest absolute Gasteiger partial charge is 0.127 e. The van der Waals surface area contributed by atoms with Crippen molar-refractivity contribution >= 4 is 16.9 Å². The molecule has 0 atom stereocenters. The van der Waals surface area contributed by atoms with Gasteiger partial charge in [-0.1, -0.05) is 103 Å². The van der Waals surface area contributed by atoms with Crippen molar-refractivity contribution < 1.29 is 4.74 Å². The Kier molecular flexibility index (Phi) is 8.61. The summed E-state index contributed by atoms with van der Waals surface area (Å²) in [5.74, 6) is 1.66. The highest BCUT2D eigenvalue weighted by molar-refractivity contribution is 5.85. The molecule has 0 radical (unpaired) electrons. The van der Waals surface area contributed by atoms with Crippen LogP contribution >= 0.6 is 0 Å². The summed E-state index contributed by atoms with van der Waals surface area (Å²) >= 11 is 0. The lowest BCUT2D eigenvalue weighted by molar-refractivity contribution is 0.482. The monoisotopic (exact) mass is 533 g/mol. The minimum atomic E-state index is 0.816. The molecule has 0 saturated heterocycles. The molecule has 0 aromatic heterocycles. The zero-order valence-corrected chi connectivity index (χ0v) is 23.9. The van der Waals surface area contributed by atoms with Gasteiger partial charge in [0.2, 0.25) is 0 Å². The van der Waals surface area contributed by atoms with Crippen molar-refractivity contribution in [3.63, 3.8) is 0 Å². The van der Waals surface area contributed by atoms with E-state index in [2.05, 4.69) is 111 Å². The molecule has 0 N–H and O–H groups in total. The van der Waals surface area contributed by atoms with Crippen LogP contribution < -0.4 is 9.64 Å². The van der Waals surface area contributed by atoms with Crippen molar-refractivity contribution in [3.8, 4) is 22.6 Å². The Morgan fingerprint density at radius 2 is 1.05 bits per heavy atom. The summed E-state index contributed by atoms with van der Waals surface area (Å²) in [5, 5.41) is 0. The maximum absolute atomic E-state index is 5.95. The number of fused-ring (bicyclic) bond motifs is 1. The maximum Gasteiger partial charge on any atom is 0.127 e. The van der Waals surface area contributed by atoms with Gasteiger partial charge >= 0.3 is 0 Å². The number of nitrogens with zero attached hydrogens (tertiary/aromatic N) is 1. The fourth-order valence-corrected chi connectivity index (χ4v) is 4.83. The summed E-state index contributed by atoms with van der Waals surface area (Å²) in [7, 11) is 0. The van der Waals surface area contributed by atoms with Gasteiger partial charge in [-0.2, -0.15) is 0 Å². The predicted molar refractivity (Wildman–Crippen MR) is 175 cm³/mol. The minimum Gasteiger partial charge on any atom is -0.457 e. The summed E-state index contributed by atoms with van der Waals surface area (Å²) < 4.78 is 5.95. The van der Waals surface area contributed by atoms with Crippen LogP contribution in [-0.4, -0.2) is 0 Å². The zero-order chi connectivity index (χ0) is 28.6. The molecule has 0 amide bonds. The van der Waals surface area contributed by atoms with E-state index in [4.69, 9.17) is 4.74 Å². The lowest BCUT2D eigenvalue weighted by Crippen LogP contribution is -2.11. The Balaban J connectivity index is 0.000000202. The fourth-order valence-electron chi connectivity index (χ4n) is 4.83. The maximum atomic E-state index is 5.95. The van der Waals surface area contributed by atoms with E-state index in [-0.39, 0.29) is 0 Å². The number of hydrogen-bond donors (Lipinski definition) is 0. The molecule has 202 valence electrons. The Bertz CT molecular complexity index is 1650. The van der Waals surface area contributed by atoms with E-state index in [1.165, 1.54) is 27.8 Å². The molecule has 1 heterocycles. The average Bonchev–Trinajstić information content (AvgIpc) is 2.99. The second-order valence-electron chi connectivity index (χ2n) is 10.2. The van der Waals surface area contributed by atoms with Crippen LogP contribution in [0.1, 0.15) is 22.3 Å². The number of aryl methyl sites for hydroxylation is 3. The average molecular weight is 534 g/mol. The van der Waals surface area contributed by atoms with Gasteiger partial charge < -0.3 is 9.64 Å². The van der Waals surface area contributed by atoms with Crippen LogP contribution in [0.15, 0.2) is 152 Å². The molecule has 0 spiro atoms. The summed E-state index contributed by atoms with van der Waals surface area (Å²) in [5.41, 5.74) is 10.9. The second kappa shape index (κ2) is 12.8. The second-order valence-corrected chi connectivity index (χ2v) is 10.2. The van der Waals surface area contributed by atoms with E-state index >= 15 is 0 Å². The SMILES string of the molecule is C=C1/C=C\C=C/N(c2ccc(Oc3ccc(C)cc3)cc2)c2ccccc21.Cc1ccccc1-c1ccccc1C. The van der Waals surface area contributed by atoms with Gasteiger partial charge in [0.15, 0.2) is 0 Å². The first kappa shape index (κ1) is 27.5. The Morgan fingerprint density at radius 3 is 1.63 bits per heavy atom. The first-order chi connectivity index (χ1) is 20.0. The lowest BCUT2D eigenvalue weighted by Gasteiger charge is -2.25. The highest BCUT2D eigenvalue weighted by atomic mass is 16.5. The van der Waals surface area contributed by atoms with Crippen molar-refractivity contribution in [2.45, 2.75) is 20.8 Å². The van der Waals surface area contributed by atoms with Crippen LogP contribution in [0.4, 0.5) is 11.4 Å². The first-order valence-corrected chi connectivity index (χ1v) is 13.9. The first-order valence-electron chi connectivity index (χ1n) is 13.9. The van der Waals surface area contributed by atoms with Gasteiger partial charge in [-0.3, -0.25) is 0 Å². The predicted octanol–water partition coefficient (Wildman–Crippen LogP) is 11.0. The van der Waals surface area contributed by atoms with Crippen LogP contribution in [0.3, 0.4) is 0 Å². The number of allylic oxidation sites excluding steroid dienone is 4. The molecule has 0 fully saturated rings. The molecule has 0 unspecified atom stereocenters. The van der Waals surface area contributed by atoms with E-state index in [0.29, 0.717) is 0 Å². The van der Waals surface area contributed by atoms with Crippen LogP contribution in [0.5, 0.6) is 11.5 Å². The summed E-state index contributed by atoms with van der Waals surface area (Å²) in [6.07, 6.45) is 8.14. The van der Waals surface area contributed by atoms with Gasteiger partial charge in [0, 0.05) is 17.5 Å². The van der Waals surface area contributed by atoms with E-state index in [1.54, 1.807) is 0 Å². The van der Waals surface area contributed by atoms with E-state index in [1.807, 2.05) is 66.8 Å². The number of ether oxygens (including phenoxy) is 1. The molecule has 1 aliphatic rings. The molecule has 6 rings (SSSR count). The standard InChI is InChI=1S/C25H21NO.C14H14/c1-19-10-14-22(15-11-19)27-23-16-12-21(13-17-23)26-18-6-5-7-20(2)24-8-3-4-9-25(24)26;1-11-7-3-5-9-13(11)14-10-6-4-8-12(14)2/h3-18H,2H2,1H3;3-10H,1-2H3/b7-5-,18-6-;. The van der Waals surface area contributed by atoms with Crippen molar-refractivity contribution in [2.24, 2.45) is 0 Å².